The molecule has 0 amide bonds. The van der Waals surface area contributed by atoms with Crippen LogP contribution in [-0.4, -0.2) is 41.3 Å². The molecule has 0 spiro atoms. The maximum absolute atomic E-state index is 5.25. The number of hydrogen-bond acceptors (Lipinski definition) is 5. The van der Waals surface area contributed by atoms with Crippen molar-refractivity contribution in [2.24, 2.45) is 5.92 Å². The zero-order chi connectivity index (χ0) is 23.1. The van der Waals surface area contributed by atoms with E-state index in [4.69, 9.17) is 14.8 Å². The number of hydrogen-bond donors (Lipinski definition) is 0. The van der Waals surface area contributed by atoms with Gasteiger partial charge in [0.05, 0.1) is 61.4 Å². The molecule has 5 aromatic rings. The third-order valence-corrected chi connectivity index (χ3v) is 6.85. The van der Waals surface area contributed by atoms with Crippen LogP contribution in [0.1, 0.15) is 37.8 Å². The van der Waals surface area contributed by atoms with Gasteiger partial charge in [0.25, 0.3) is 0 Å². The van der Waals surface area contributed by atoms with Gasteiger partial charge in [-0.05, 0) is 42.5 Å². The average Bonchev–Trinajstić information content (AvgIpc) is 3.65. The molecule has 0 bridgehead atoms. The second-order valence-electron chi connectivity index (χ2n) is 9.09. The van der Waals surface area contributed by atoms with E-state index in [1.807, 2.05) is 52.2 Å². The number of nitrogens with zero attached hydrogens (tertiary/aromatic N) is 7. The molecule has 4 aromatic heterocycles. The van der Waals surface area contributed by atoms with Crippen LogP contribution in [0.5, 0.6) is 5.75 Å². The van der Waals surface area contributed by atoms with E-state index >= 15 is 0 Å². The van der Waals surface area contributed by atoms with Crippen molar-refractivity contribution in [3.63, 3.8) is 0 Å². The predicted molar refractivity (Wildman–Crippen MR) is 130 cm³/mol. The fourth-order valence-electron chi connectivity index (χ4n) is 4.94. The van der Waals surface area contributed by atoms with Gasteiger partial charge in [0.1, 0.15) is 5.75 Å². The van der Waals surface area contributed by atoms with Crippen molar-refractivity contribution in [3.05, 3.63) is 73.1 Å². The van der Waals surface area contributed by atoms with Gasteiger partial charge in [-0.15, -0.1) is 0 Å². The van der Waals surface area contributed by atoms with Crippen LogP contribution in [0.15, 0.2) is 67.5 Å². The molecule has 1 aliphatic rings. The minimum absolute atomic E-state index is 0.467. The highest BCUT2D eigenvalue weighted by atomic mass is 16.5. The fourth-order valence-corrected chi connectivity index (χ4v) is 4.94. The summed E-state index contributed by atoms with van der Waals surface area (Å²) in [7, 11) is 1.67. The second kappa shape index (κ2) is 8.44. The van der Waals surface area contributed by atoms with E-state index in [0.29, 0.717) is 18.5 Å². The van der Waals surface area contributed by atoms with Gasteiger partial charge in [-0.25, -0.2) is 9.50 Å². The molecule has 172 valence electrons. The number of aromatic nitrogens is 7. The van der Waals surface area contributed by atoms with Crippen LogP contribution in [0.2, 0.25) is 0 Å². The molecule has 1 fully saturated rings. The summed E-state index contributed by atoms with van der Waals surface area (Å²) in [5, 5.41) is 13.8. The lowest BCUT2D eigenvalue weighted by atomic mass is 10.1. The van der Waals surface area contributed by atoms with Gasteiger partial charge in [0, 0.05) is 23.5 Å². The lowest BCUT2D eigenvalue weighted by Gasteiger charge is -2.15. The van der Waals surface area contributed by atoms with Crippen molar-refractivity contribution >= 4 is 5.52 Å². The summed E-state index contributed by atoms with van der Waals surface area (Å²) < 4.78 is 11.2. The van der Waals surface area contributed by atoms with E-state index in [2.05, 4.69) is 40.1 Å². The number of fused-ring (bicyclic) bond motifs is 1. The van der Waals surface area contributed by atoms with E-state index in [1.54, 1.807) is 13.3 Å². The van der Waals surface area contributed by atoms with Crippen molar-refractivity contribution in [2.45, 2.75) is 38.8 Å². The van der Waals surface area contributed by atoms with Crippen LogP contribution in [-0.2, 0) is 6.54 Å². The van der Waals surface area contributed by atoms with Crippen molar-refractivity contribution in [3.8, 4) is 28.3 Å². The maximum Gasteiger partial charge on any atom is 0.118 e. The Labute approximate surface area is 197 Å². The molecule has 2 atom stereocenters. The van der Waals surface area contributed by atoms with Gasteiger partial charge >= 0.3 is 0 Å². The monoisotopic (exact) mass is 453 g/mol. The number of ether oxygens (including phenoxy) is 1. The quantitative estimate of drug-likeness (QED) is 0.367. The molecule has 8 heteroatoms. The normalized spacial score (nSPS) is 18.1. The molecule has 0 unspecified atom stereocenters. The van der Waals surface area contributed by atoms with Crippen LogP contribution in [0.4, 0.5) is 0 Å². The van der Waals surface area contributed by atoms with Crippen LogP contribution in [0.25, 0.3) is 28.0 Å². The Bertz CT molecular complexity index is 1430. The summed E-state index contributed by atoms with van der Waals surface area (Å²) in [6.07, 6.45) is 15.4. The third-order valence-electron chi connectivity index (χ3n) is 6.85. The second-order valence-corrected chi connectivity index (χ2v) is 9.09. The lowest BCUT2D eigenvalue weighted by Crippen LogP contribution is -2.11. The number of methoxy groups -OCH3 is 1. The highest BCUT2D eigenvalue weighted by Crippen LogP contribution is 2.36. The highest BCUT2D eigenvalue weighted by Gasteiger charge is 2.26. The molecule has 6 rings (SSSR count). The Balaban J connectivity index is 1.32. The van der Waals surface area contributed by atoms with Crippen molar-refractivity contribution in [1.29, 1.82) is 0 Å². The van der Waals surface area contributed by atoms with Crippen LogP contribution >= 0.6 is 0 Å². The lowest BCUT2D eigenvalue weighted by molar-refractivity contribution is 0.375. The van der Waals surface area contributed by atoms with E-state index in [0.717, 1.165) is 39.3 Å². The first-order valence-corrected chi connectivity index (χ1v) is 11.7. The molecule has 0 N–H and O–H groups in total. The fraction of sp³-hybridized carbons (Fsp3) is 0.308. The van der Waals surface area contributed by atoms with E-state index in [9.17, 15) is 0 Å². The van der Waals surface area contributed by atoms with E-state index in [-0.39, 0.29) is 0 Å². The predicted octanol–water partition coefficient (Wildman–Crippen LogP) is 4.87. The van der Waals surface area contributed by atoms with Gasteiger partial charge in [-0.1, -0.05) is 25.5 Å². The zero-order valence-electron chi connectivity index (χ0n) is 19.4. The minimum Gasteiger partial charge on any atom is -0.497 e. The average molecular weight is 454 g/mol. The largest absolute Gasteiger partial charge is 0.497 e. The zero-order valence-corrected chi connectivity index (χ0v) is 19.4. The summed E-state index contributed by atoms with van der Waals surface area (Å²) in [5.74, 6) is 1.50. The Morgan fingerprint density at radius 2 is 1.79 bits per heavy atom. The summed E-state index contributed by atoms with van der Waals surface area (Å²) in [6, 6.07) is 10.5. The molecular weight excluding hydrogens is 426 g/mol. The van der Waals surface area contributed by atoms with E-state index < -0.39 is 0 Å². The van der Waals surface area contributed by atoms with Crippen molar-refractivity contribution in [1.82, 2.24) is 34.2 Å². The SMILES string of the molecule is COc1ccc(Cn2cc(-c3cn4nccc4c(-c4cnn([C@@H]5CCC[C@@H]5C)c4)n3)cn2)cc1. The van der Waals surface area contributed by atoms with Crippen molar-refractivity contribution in [2.75, 3.05) is 7.11 Å². The molecule has 8 nitrogen and oxygen atoms in total. The Morgan fingerprint density at radius 1 is 0.941 bits per heavy atom. The summed E-state index contributed by atoms with van der Waals surface area (Å²) in [5.41, 5.74) is 5.79. The van der Waals surface area contributed by atoms with Gasteiger partial charge in [0.15, 0.2) is 0 Å². The van der Waals surface area contributed by atoms with Crippen molar-refractivity contribution < 1.29 is 4.74 Å². The summed E-state index contributed by atoms with van der Waals surface area (Å²) >= 11 is 0. The van der Waals surface area contributed by atoms with Gasteiger partial charge in [0.2, 0.25) is 0 Å². The third kappa shape index (κ3) is 3.75. The van der Waals surface area contributed by atoms with Gasteiger partial charge in [-0.2, -0.15) is 15.3 Å². The maximum atomic E-state index is 5.25. The molecule has 0 aliphatic heterocycles. The first kappa shape index (κ1) is 20.7. The van der Waals surface area contributed by atoms with Crippen LogP contribution < -0.4 is 4.74 Å². The molecule has 4 heterocycles. The van der Waals surface area contributed by atoms with Gasteiger partial charge < -0.3 is 4.74 Å². The first-order valence-electron chi connectivity index (χ1n) is 11.7. The molecule has 1 aromatic carbocycles. The topological polar surface area (TPSA) is 75.1 Å². The smallest absolute Gasteiger partial charge is 0.118 e. The Kier molecular flexibility index (Phi) is 5.13. The Morgan fingerprint density at radius 3 is 2.59 bits per heavy atom. The minimum atomic E-state index is 0.467. The summed E-state index contributed by atoms with van der Waals surface area (Å²) in [6.45, 7) is 2.99. The van der Waals surface area contributed by atoms with Crippen LogP contribution in [0, 0.1) is 5.92 Å². The standard InChI is InChI=1S/C26H27N7O/c1-18-4-3-5-24(18)32-16-21(13-29-32)26-25-10-11-27-33(25)17-23(30-26)20-12-28-31(15-20)14-19-6-8-22(34-2)9-7-19/h6-13,15-18,24H,3-5,14H2,1-2H3/t18-,24+/m0/s1. The number of benzene rings is 1. The molecule has 1 aliphatic carbocycles. The highest BCUT2D eigenvalue weighted by molar-refractivity contribution is 5.78. The molecule has 1 saturated carbocycles. The van der Waals surface area contributed by atoms with Crippen LogP contribution in [0.3, 0.4) is 0 Å². The number of rotatable bonds is 6. The first-order chi connectivity index (χ1) is 16.7. The van der Waals surface area contributed by atoms with E-state index in [1.165, 1.54) is 19.3 Å². The summed E-state index contributed by atoms with van der Waals surface area (Å²) in [4.78, 5) is 5.03. The Hall–Kier alpha value is -3.94. The molecule has 0 radical (unpaired) electrons. The molecule has 0 saturated heterocycles. The molecular formula is C26H27N7O. The molecule has 34 heavy (non-hydrogen) atoms. The van der Waals surface area contributed by atoms with Gasteiger partial charge in [-0.3, -0.25) is 9.36 Å².